The van der Waals surface area contributed by atoms with E-state index in [-0.39, 0.29) is 6.54 Å². The number of rotatable bonds is 2. The minimum absolute atomic E-state index is 0.224. The average molecular weight is 240 g/mol. The zero-order valence-electron chi connectivity index (χ0n) is 7.35. The predicted octanol–water partition coefficient (Wildman–Crippen LogP) is 3.53. The fourth-order valence-corrected chi connectivity index (χ4v) is 0.900. The van der Waals surface area contributed by atoms with E-state index in [9.17, 15) is 17.6 Å². The second-order valence-electron chi connectivity index (χ2n) is 2.73. The lowest BCUT2D eigenvalue weighted by Gasteiger charge is -2.03. The number of hydrogen-bond acceptors (Lipinski definition) is 1. The molecule has 0 saturated carbocycles. The van der Waals surface area contributed by atoms with Gasteiger partial charge in [-0.15, -0.1) is 0 Å². The Morgan fingerprint density at radius 1 is 1.20 bits per heavy atom. The van der Waals surface area contributed by atoms with Crippen molar-refractivity contribution in [3.05, 3.63) is 35.6 Å². The first-order valence-corrected chi connectivity index (χ1v) is 4.29. The van der Waals surface area contributed by atoms with Gasteiger partial charge >= 0.3 is 6.18 Å². The molecular formula is C9H6ClF4N. The number of hydrogen-bond donors (Lipinski definition) is 0. The Morgan fingerprint density at radius 2 is 1.73 bits per heavy atom. The third-order valence-corrected chi connectivity index (χ3v) is 1.88. The highest BCUT2D eigenvalue weighted by Crippen LogP contribution is 2.20. The van der Waals surface area contributed by atoms with Gasteiger partial charge in [-0.05, 0) is 17.7 Å². The van der Waals surface area contributed by atoms with E-state index in [0.29, 0.717) is 5.56 Å². The van der Waals surface area contributed by atoms with Crippen molar-refractivity contribution in [2.45, 2.75) is 12.7 Å². The van der Waals surface area contributed by atoms with Crippen LogP contribution < -0.4 is 0 Å². The fraction of sp³-hybridized carbons (Fsp3) is 0.222. The highest BCUT2D eigenvalue weighted by Gasteiger charge is 2.34. The molecule has 0 aliphatic rings. The van der Waals surface area contributed by atoms with E-state index >= 15 is 0 Å². The normalized spacial score (nSPS) is 13.0. The SMILES string of the molecule is Fc1ccc(CN=C(Cl)C(F)(F)F)cc1. The molecule has 1 aromatic rings. The molecule has 0 spiro atoms. The van der Waals surface area contributed by atoms with Gasteiger partial charge in [-0.3, -0.25) is 4.99 Å². The van der Waals surface area contributed by atoms with Crippen molar-refractivity contribution < 1.29 is 17.6 Å². The van der Waals surface area contributed by atoms with Crippen LogP contribution in [-0.4, -0.2) is 11.3 Å². The highest BCUT2D eigenvalue weighted by molar-refractivity contribution is 6.66. The summed E-state index contributed by atoms with van der Waals surface area (Å²) < 4.78 is 48.1. The Hall–Kier alpha value is -1.10. The molecule has 0 heterocycles. The molecule has 0 unspecified atom stereocenters. The van der Waals surface area contributed by atoms with Crippen LogP contribution in [0, 0.1) is 5.82 Å². The summed E-state index contributed by atoms with van der Waals surface area (Å²) in [5, 5.41) is -1.41. The summed E-state index contributed by atoms with van der Waals surface area (Å²) in [6, 6.07) is 4.98. The average Bonchev–Trinajstić information content (AvgIpc) is 2.15. The lowest BCUT2D eigenvalue weighted by atomic mass is 10.2. The minimum Gasteiger partial charge on any atom is -0.265 e. The first-order chi connectivity index (χ1) is 6.89. The van der Waals surface area contributed by atoms with Crippen molar-refractivity contribution in [1.29, 1.82) is 0 Å². The van der Waals surface area contributed by atoms with Crippen LogP contribution >= 0.6 is 11.6 Å². The fourth-order valence-electron chi connectivity index (χ4n) is 0.840. The van der Waals surface area contributed by atoms with Crippen LogP contribution in [0.2, 0.25) is 0 Å². The standard InChI is InChI=1S/C9H6ClF4N/c10-8(9(12,13)14)15-5-6-1-3-7(11)4-2-6/h1-4H,5H2. The Kier molecular flexibility index (Phi) is 3.68. The van der Waals surface area contributed by atoms with E-state index in [4.69, 9.17) is 11.6 Å². The van der Waals surface area contributed by atoms with Crippen molar-refractivity contribution in [3.63, 3.8) is 0 Å². The molecule has 82 valence electrons. The van der Waals surface area contributed by atoms with Crippen LogP contribution in [0.3, 0.4) is 0 Å². The third kappa shape index (κ3) is 3.87. The van der Waals surface area contributed by atoms with Gasteiger partial charge in [0.1, 0.15) is 5.82 Å². The maximum absolute atomic E-state index is 12.4. The summed E-state index contributed by atoms with van der Waals surface area (Å²) in [4.78, 5) is 3.13. The van der Waals surface area contributed by atoms with E-state index in [1.54, 1.807) is 0 Å². The van der Waals surface area contributed by atoms with Gasteiger partial charge in [-0.1, -0.05) is 23.7 Å². The smallest absolute Gasteiger partial charge is 0.265 e. The Bertz CT molecular complexity index is 355. The maximum atomic E-state index is 12.4. The molecular weight excluding hydrogens is 234 g/mol. The van der Waals surface area contributed by atoms with Crippen molar-refractivity contribution in [3.8, 4) is 0 Å². The van der Waals surface area contributed by atoms with Gasteiger partial charge in [0.2, 0.25) is 5.17 Å². The molecule has 0 aromatic heterocycles. The molecule has 1 aromatic carbocycles. The Labute approximate surface area is 88.4 Å². The summed E-state index contributed by atoms with van der Waals surface area (Å²) in [5.74, 6) is -0.454. The van der Waals surface area contributed by atoms with Gasteiger partial charge in [0.05, 0.1) is 6.54 Å². The minimum atomic E-state index is -4.62. The van der Waals surface area contributed by atoms with Crippen molar-refractivity contribution in [1.82, 2.24) is 0 Å². The third-order valence-electron chi connectivity index (χ3n) is 1.55. The Balaban J connectivity index is 2.68. The van der Waals surface area contributed by atoms with E-state index < -0.39 is 17.2 Å². The first-order valence-electron chi connectivity index (χ1n) is 3.91. The summed E-state index contributed by atoms with van der Waals surface area (Å²) in [5.41, 5.74) is 0.457. The van der Waals surface area contributed by atoms with Crippen LogP contribution in [0.25, 0.3) is 0 Å². The van der Waals surface area contributed by atoms with Crippen molar-refractivity contribution in [2.75, 3.05) is 0 Å². The molecule has 0 N–H and O–H groups in total. The molecule has 0 fully saturated rings. The summed E-state index contributed by atoms with van der Waals surface area (Å²) in [6.07, 6.45) is -4.62. The summed E-state index contributed by atoms with van der Waals surface area (Å²) in [7, 11) is 0. The zero-order valence-corrected chi connectivity index (χ0v) is 8.11. The van der Waals surface area contributed by atoms with Gasteiger partial charge in [0, 0.05) is 0 Å². The number of benzene rings is 1. The predicted molar refractivity (Wildman–Crippen MR) is 49.4 cm³/mol. The van der Waals surface area contributed by atoms with Crippen LogP contribution in [0.1, 0.15) is 5.56 Å². The van der Waals surface area contributed by atoms with Crippen molar-refractivity contribution >= 4 is 16.8 Å². The van der Waals surface area contributed by atoms with E-state index in [1.807, 2.05) is 0 Å². The second-order valence-corrected chi connectivity index (χ2v) is 3.09. The van der Waals surface area contributed by atoms with Gasteiger partial charge in [-0.2, -0.15) is 13.2 Å². The number of halogens is 5. The van der Waals surface area contributed by atoms with Crippen LogP contribution in [0.5, 0.6) is 0 Å². The molecule has 1 rings (SSSR count). The molecule has 6 heteroatoms. The highest BCUT2D eigenvalue weighted by atomic mass is 35.5. The van der Waals surface area contributed by atoms with E-state index in [1.165, 1.54) is 12.1 Å². The first kappa shape index (κ1) is 12.0. The molecule has 0 aliphatic heterocycles. The molecule has 0 aliphatic carbocycles. The number of alkyl halides is 3. The van der Waals surface area contributed by atoms with Gasteiger partial charge in [-0.25, -0.2) is 4.39 Å². The Morgan fingerprint density at radius 3 is 2.20 bits per heavy atom. The number of aliphatic imine (C=N–C) groups is 1. The zero-order chi connectivity index (χ0) is 11.5. The molecule has 0 amide bonds. The molecule has 0 radical (unpaired) electrons. The lowest BCUT2D eigenvalue weighted by molar-refractivity contribution is -0.0561. The van der Waals surface area contributed by atoms with E-state index in [2.05, 4.69) is 4.99 Å². The van der Waals surface area contributed by atoms with Gasteiger partial charge in [0.15, 0.2) is 0 Å². The molecule has 15 heavy (non-hydrogen) atoms. The van der Waals surface area contributed by atoms with Gasteiger partial charge in [0.25, 0.3) is 0 Å². The molecule has 0 saturated heterocycles. The van der Waals surface area contributed by atoms with Crippen LogP contribution in [0.4, 0.5) is 17.6 Å². The van der Waals surface area contributed by atoms with Crippen molar-refractivity contribution in [2.24, 2.45) is 4.99 Å². The largest absolute Gasteiger partial charge is 0.444 e. The topological polar surface area (TPSA) is 12.4 Å². The second kappa shape index (κ2) is 4.61. The maximum Gasteiger partial charge on any atom is 0.444 e. The van der Waals surface area contributed by atoms with Gasteiger partial charge < -0.3 is 0 Å². The monoisotopic (exact) mass is 239 g/mol. The van der Waals surface area contributed by atoms with E-state index in [0.717, 1.165) is 12.1 Å². The molecule has 0 atom stereocenters. The summed E-state index contributed by atoms with van der Waals surface area (Å²) >= 11 is 4.89. The van der Waals surface area contributed by atoms with Crippen LogP contribution in [0.15, 0.2) is 29.3 Å². The molecule has 0 bridgehead atoms. The lowest BCUT2D eigenvalue weighted by Crippen LogP contribution is -2.17. The summed E-state index contributed by atoms with van der Waals surface area (Å²) in [6.45, 7) is -0.224. The number of nitrogens with zero attached hydrogens (tertiary/aromatic N) is 1. The quantitative estimate of drug-likeness (QED) is 0.553. The van der Waals surface area contributed by atoms with Crippen LogP contribution in [-0.2, 0) is 6.54 Å². The molecule has 1 nitrogen and oxygen atoms in total.